The summed E-state index contributed by atoms with van der Waals surface area (Å²) in [6, 6.07) is 7.64. The standard InChI is InChI=1S/C18H20ClN3O4/c19-13-6-7-14(15(11-13)22(24)25)18(23)20-12-16(17-5-4-10-26-17)21-8-2-1-3-9-21/h4-7,10-11,16H,1-3,8-9,12H2,(H,20,23). The molecule has 1 unspecified atom stereocenters. The summed E-state index contributed by atoms with van der Waals surface area (Å²) in [5.74, 6) is 0.278. The normalized spacial score (nSPS) is 16.2. The molecule has 1 aromatic heterocycles. The van der Waals surface area contributed by atoms with E-state index in [9.17, 15) is 14.9 Å². The number of piperidine rings is 1. The quantitative estimate of drug-likeness (QED) is 0.611. The van der Waals surface area contributed by atoms with Crippen LogP contribution in [-0.2, 0) is 0 Å². The summed E-state index contributed by atoms with van der Waals surface area (Å²) in [6.07, 6.45) is 5.02. The van der Waals surface area contributed by atoms with Crippen molar-refractivity contribution < 1.29 is 14.1 Å². The molecule has 3 rings (SSSR count). The SMILES string of the molecule is O=C(NCC(c1ccco1)N1CCCCC1)c1ccc(Cl)cc1[N+](=O)[O-]. The molecule has 1 N–H and O–H groups in total. The third-order valence-electron chi connectivity index (χ3n) is 4.56. The fourth-order valence-corrected chi connectivity index (χ4v) is 3.42. The largest absolute Gasteiger partial charge is 0.468 e. The second kappa shape index (κ2) is 8.33. The van der Waals surface area contributed by atoms with Gasteiger partial charge >= 0.3 is 0 Å². The summed E-state index contributed by atoms with van der Waals surface area (Å²) in [5, 5.41) is 14.2. The van der Waals surface area contributed by atoms with E-state index >= 15 is 0 Å². The molecule has 1 atom stereocenters. The molecule has 1 fully saturated rings. The van der Waals surface area contributed by atoms with E-state index in [-0.39, 0.29) is 22.3 Å². The van der Waals surface area contributed by atoms with Crippen LogP contribution in [0.3, 0.4) is 0 Å². The van der Waals surface area contributed by atoms with Crippen molar-refractivity contribution in [1.82, 2.24) is 10.2 Å². The van der Waals surface area contributed by atoms with Crippen LogP contribution in [0, 0.1) is 10.1 Å². The maximum Gasteiger partial charge on any atom is 0.283 e. The monoisotopic (exact) mass is 377 g/mol. The van der Waals surface area contributed by atoms with E-state index in [4.69, 9.17) is 16.0 Å². The molecule has 2 aromatic rings. The number of amides is 1. The van der Waals surface area contributed by atoms with Crippen molar-refractivity contribution in [1.29, 1.82) is 0 Å². The minimum Gasteiger partial charge on any atom is -0.468 e. The van der Waals surface area contributed by atoms with Gasteiger partial charge in [0.1, 0.15) is 11.3 Å². The first-order valence-electron chi connectivity index (χ1n) is 8.56. The zero-order chi connectivity index (χ0) is 18.5. The van der Waals surface area contributed by atoms with Gasteiger partial charge in [-0.2, -0.15) is 0 Å². The zero-order valence-corrected chi connectivity index (χ0v) is 14.9. The Balaban J connectivity index is 1.75. The predicted octanol–water partition coefficient (Wildman–Crippen LogP) is 3.80. The Hall–Kier alpha value is -2.38. The number of nitro benzene ring substituents is 1. The maximum absolute atomic E-state index is 12.5. The Morgan fingerprint density at radius 1 is 1.31 bits per heavy atom. The minimum absolute atomic E-state index is 0.00348. The van der Waals surface area contributed by atoms with Crippen molar-refractivity contribution in [2.45, 2.75) is 25.3 Å². The Bertz CT molecular complexity index is 773. The molecular formula is C18H20ClN3O4. The number of carbonyl (C=O) groups is 1. The van der Waals surface area contributed by atoms with Crippen molar-refractivity contribution in [3.8, 4) is 0 Å². The highest BCUT2D eigenvalue weighted by atomic mass is 35.5. The van der Waals surface area contributed by atoms with Crippen LogP contribution < -0.4 is 5.32 Å². The molecular weight excluding hydrogens is 358 g/mol. The summed E-state index contributed by atoms with van der Waals surface area (Å²) < 4.78 is 5.55. The zero-order valence-electron chi connectivity index (χ0n) is 14.2. The fraction of sp³-hybridized carbons (Fsp3) is 0.389. The number of carbonyl (C=O) groups excluding carboxylic acids is 1. The lowest BCUT2D eigenvalue weighted by Gasteiger charge is -2.33. The number of hydrogen-bond donors (Lipinski definition) is 1. The number of nitrogens with one attached hydrogen (secondary N) is 1. The minimum atomic E-state index is -0.602. The van der Waals surface area contributed by atoms with E-state index in [1.165, 1.54) is 24.6 Å². The number of nitro groups is 1. The second-order valence-electron chi connectivity index (χ2n) is 6.26. The van der Waals surface area contributed by atoms with E-state index in [1.54, 1.807) is 6.26 Å². The average Bonchev–Trinajstić information content (AvgIpc) is 3.17. The lowest BCUT2D eigenvalue weighted by molar-refractivity contribution is -0.385. The van der Waals surface area contributed by atoms with Crippen LogP contribution in [0.1, 0.15) is 41.4 Å². The second-order valence-corrected chi connectivity index (χ2v) is 6.69. The van der Waals surface area contributed by atoms with E-state index in [0.717, 1.165) is 31.7 Å². The fourth-order valence-electron chi connectivity index (χ4n) is 3.25. The van der Waals surface area contributed by atoms with Crippen molar-refractivity contribution in [3.63, 3.8) is 0 Å². The number of rotatable bonds is 6. The molecule has 1 amide bonds. The first kappa shape index (κ1) is 18.4. The Morgan fingerprint density at radius 2 is 2.08 bits per heavy atom. The molecule has 1 saturated heterocycles. The molecule has 138 valence electrons. The maximum atomic E-state index is 12.5. The van der Waals surface area contributed by atoms with Gasteiger partial charge in [-0.1, -0.05) is 18.0 Å². The number of hydrogen-bond acceptors (Lipinski definition) is 5. The number of furan rings is 1. The van der Waals surface area contributed by atoms with Crippen LogP contribution in [0.25, 0.3) is 0 Å². The smallest absolute Gasteiger partial charge is 0.283 e. The van der Waals surface area contributed by atoms with Crippen molar-refractivity contribution in [3.05, 3.63) is 63.1 Å². The first-order chi connectivity index (χ1) is 12.6. The predicted molar refractivity (Wildman–Crippen MR) is 97.3 cm³/mol. The molecule has 1 aliphatic heterocycles. The Morgan fingerprint density at radius 3 is 2.73 bits per heavy atom. The molecule has 0 aliphatic carbocycles. The van der Waals surface area contributed by atoms with Gasteiger partial charge in [0.2, 0.25) is 0 Å². The topological polar surface area (TPSA) is 88.6 Å². The number of likely N-dealkylation sites (tertiary alicyclic amines) is 1. The van der Waals surface area contributed by atoms with Gasteiger partial charge in [0.15, 0.2) is 0 Å². The highest BCUT2D eigenvalue weighted by Gasteiger charge is 2.26. The lowest BCUT2D eigenvalue weighted by Crippen LogP contribution is -2.40. The Labute approximate surface area is 156 Å². The van der Waals surface area contributed by atoms with Crippen LogP contribution in [0.15, 0.2) is 41.0 Å². The number of halogens is 1. The molecule has 0 bridgehead atoms. The molecule has 2 heterocycles. The molecule has 1 aromatic carbocycles. The van der Waals surface area contributed by atoms with Gasteiger partial charge in [-0.15, -0.1) is 0 Å². The molecule has 0 saturated carbocycles. The summed E-state index contributed by atoms with van der Waals surface area (Å²) in [7, 11) is 0. The van der Waals surface area contributed by atoms with Crippen LogP contribution in [0.5, 0.6) is 0 Å². The van der Waals surface area contributed by atoms with Crippen molar-refractivity contribution >= 4 is 23.2 Å². The van der Waals surface area contributed by atoms with Gasteiger partial charge in [-0.05, 0) is 50.2 Å². The van der Waals surface area contributed by atoms with Crippen LogP contribution >= 0.6 is 11.6 Å². The van der Waals surface area contributed by atoms with Gasteiger partial charge in [-0.25, -0.2) is 0 Å². The van der Waals surface area contributed by atoms with E-state index in [0.29, 0.717) is 6.54 Å². The van der Waals surface area contributed by atoms with E-state index in [2.05, 4.69) is 10.2 Å². The molecule has 7 nitrogen and oxygen atoms in total. The molecule has 0 spiro atoms. The summed E-state index contributed by atoms with van der Waals surface area (Å²) in [5.41, 5.74) is -0.307. The highest BCUT2D eigenvalue weighted by molar-refractivity contribution is 6.31. The molecule has 0 radical (unpaired) electrons. The summed E-state index contributed by atoms with van der Waals surface area (Å²) in [4.78, 5) is 25.4. The third kappa shape index (κ3) is 4.23. The van der Waals surface area contributed by atoms with Crippen LogP contribution in [0.4, 0.5) is 5.69 Å². The van der Waals surface area contributed by atoms with Crippen LogP contribution in [-0.4, -0.2) is 35.4 Å². The first-order valence-corrected chi connectivity index (χ1v) is 8.93. The van der Waals surface area contributed by atoms with Gasteiger partial charge in [0.05, 0.1) is 17.2 Å². The highest BCUT2D eigenvalue weighted by Crippen LogP contribution is 2.26. The Kier molecular flexibility index (Phi) is 5.90. The van der Waals surface area contributed by atoms with Gasteiger partial charge in [-0.3, -0.25) is 19.8 Å². The number of benzene rings is 1. The van der Waals surface area contributed by atoms with Crippen molar-refractivity contribution in [2.24, 2.45) is 0 Å². The molecule has 8 heteroatoms. The molecule has 26 heavy (non-hydrogen) atoms. The summed E-state index contributed by atoms with van der Waals surface area (Å²) in [6.45, 7) is 2.18. The van der Waals surface area contributed by atoms with E-state index in [1.807, 2.05) is 12.1 Å². The number of nitrogens with zero attached hydrogens (tertiary/aromatic N) is 2. The van der Waals surface area contributed by atoms with Gasteiger partial charge in [0.25, 0.3) is 11.6 Å². The summed E-state index contributed by atoms with van der Waals surface area (Å²) >= 11 is 5.81. The van der Waals surface area contributed by atoms with Crippen LogP contribution in [0.2, 0.25) is 5.02 Å². The van der Waals surface area contributed by atoms with E-state index < -0.39 is 10.8 Å². The lowest BCUT2D eigenvalue weighted by atomic mass is 10.1. The average molecular weight is 378 g/mol. The van der Waals surface area contributed by atoms with Gasteiger partial charge in [0, 0.05) is 17.6 Å². The van der Waals surface area contributed by atoms with Crippen molar-refractivity contribution in [2.75, 3.05) is 19.6 Å². The molecule has 1 aliphatic rings. The van der Waals surface area contributed by atoms with Gasteiger partial charge < -0.3 is 9.73 Å². The third-order valence-corrected chi connectivity index (χ3v) is 4.80.